The molecular formula is C11H19ClN4O2S. The summed E-state index contributed by atoms with van der Waals surface area (Å²) in [4.78, 5) is 4.22. The number of imidazole rings is 1. The average molecular weight is 307 g/mol. The van der Waals surface area contributed by atoms with Crippen LogP contribution in [-0.4, -0.2) is 47.7 Å². The molecule has 1 saturated heterocycles. The Balaban J connectivity index is 1.82. The van der Waals surface area contributed by atoms with Gasteiger partial charge in [-0.05, 0) is 12.8 Å². The quantitative estimate of drug-likeness (QED) is 0.884. The molecule has 1 aliphatic rings. The molecule has 1 fully saturated rings. The fourth-order valence-corrected chi connectivity index (χ4v) is 3.24. The van der Waals surface area contributed by atoms with Crippen molar-refractivity contribution in [1.82, 2.24) is 19.2 Å². The number of aromatic nitrogens is 2. The van der Waals surface area contributed by atoms with E-state index < -0.39 is 10.0 Å². The molecule has 0 spiro atoms. The van der Waals surface area contributed by atoms with Crippen LogP contribution in [0.4, 0.5) is 0 Å². The third-order valence-electron chi connectivity index (χ3n) is 3.50. The van der Waals surface area contributed by atoms with E-state index in [9.17, 15) is 8.42 Å². The zero-order chi connectivity index (χ0) is 14.0. The SMILES string of the molecule is Cn1c(Cl)cnc1CNC1CCN(S(C)(=O)=O)CC1. The van der Waals surface area contributed by atoms with Crippen molar-refractivity contribution in [1.29, 1.82) is 0 Å². The number of nitrogens with zero attached hydrogens (tertiary/aromatic N) is 3. The van der Waals surface area contributed by atoms with Gasteiger partial charge in [-0.25, -0.2) is 17.7 Å². The molecule has 1 aromatic heterocycles. The Morgan fingerprint density at radius 2 is 2.11 bits per heavy atom. The number of sulfonamides is 1. The zero-order valence-electron chi connectivity index (χ0n) is 11.1. The number of hydrogen-bond donors (Lipinski definition) is 1. The van der Waals surface area contributed by atoms with Gasteiger partial charge in [0, 0.05) is 26.2 Å². The normalized spacial score (nSPS) is 18.9. The Bertz CT molecular complexity index is 535. The molecule has 0 amide bonds. The van der Waals surface area contributed by atoms with Crippen molar-refractivity contribution in [2.45, 2.75) is 25.4 Å². The molecule has 0 saturated carbocycles. The Kier molecular flexibility index (Phi) is 4.50. The number of halogens is 1. The van der Waals surface area contributed by atoms with Gasteiger partial charge < -0.3 is 9.88 Å². The fraction of sp³-hybridized carbons (Fsp3) is 0.727. The molecule has 6 nitrogen and oxygen atoms in total. The second-order valence-corrected chi connectivity index (χ2v) is 7.24. The second-order valence-electron chi connectivity index (χ2n) is 4.87. The molecule has 1 N–H and O–H groups in total. The van der Waals surface area contributed by atoms with Crippen molar-refractivity contribution in [3.05, 3.63) is 17.2 Å². The van der Waals surface area contributed by atoms with Crippen molar-refractivity contribution in [3.63, 3.8) is 0 Å². The van der Waals surface area contributed by atoms with Crippen molar-refractivity contribution in [2.24, 2.45) is 7.05 Å². The van der Waals surface area contributed by atoms with Gasteiger partial charge in [-0.15, -0.1) is 0 Å². The van der Waals surface area contributed by atoms with Crippen LogP contribution >= 0.6 is 11.6 Å². The smallest absolute Gasteiger partial charge is 0.211 e. The zero-order valence-corrected chi connectivity index (χ0v) is 12.7. The summed E-state index contributed by atoms with van der Waals surface area (Å²) in [5, 5.41) is 4.02. The second kappa shape index (κ2) is 5.78. The third kappa shape index (κ3) is 3.68. The van der Waals surface area contributed by atoms with Crippen LogP contribution < -0.4 is 5.32 Å². The minimum Gasteiger partial charge on any atom is -0.321 e. The van der Waals surface area contributed by atoms with E-state index in [1.54, 1.807) is 6.20 Å². The monoisotopic (exact) mass is 306 g/mol. The van der Waals surface area contributed by atoms with E-state index in [1.165, 1.54) is 10.6 Å². The molecule has 1 aromatic rings. The molecule has 1 aliphatic heterocycles. The first-order valence-electron chi connectivity index (χ1n) is 6.22. The standard InChI is InChI=1S/C11H19ClN4O2S/c1-15-10(12)7-14-11(15)8-13-9-3-5-16(6-4-9)19(2,17)18/h7,9,13H,3-6,8H2,1-2H3. The highest BCUT2D eigenvalue weighted by Crippen LogP contribution is 2.14. The van der Waals surface area contributed by atoms with Crippen molar-refractivity contribution in [3.8, 4) is 0 Å². The van der Waals surface area contributed by atoms with Gasteiger partial charge in [-0.2, -0.15) is 0 Å². The highest BCUT2D eigenvalue weighted by atomic mass is 35.5. The number of nitrogens with one attached hydrogen (secondary N) is 1. The fourth-order valence-electron chi connectivity index (χ4n) is 2.22. The number of rotatable bonds is 4. The summed E-state index contributed by atoms with van der Waals surface area (Å²) in [6.07, 6.45) is 4.54. The van der Waals surface area contributed by atoms with Crippen molar-refractivity contribution in [2.75, 3.05) is 19.3 Å². The van der Waals surface area contributed by atoms with E-state index in [0.29, 0.717) is 30.8 Å². The van der Waals surface area contributed by atoms with E-state index in [1.807, 2.05) is 11.6 Å². The molecule has 108 valence electrons. The molecule has 0 radical (unpaired) electrons. The van der Waals surface area contributed by atoms with Gasteiger partial charge >= 0.3 is 0 Å². The van der Waals surface area contributed by atoms with Crippen LogP contribution in [0.25, 0.3) is 0 Å². The first-order chi connectivity index (χ1) is 8.88. The maximum atomic E-state index is 11.4. The van der Waals surface area contributed by atoms with Gasteiger partial charge in [0.15, 0.2) is 0 Å². The summed E-state index contributed by atoms with van der Waals surface area (Å²) in [7, 11) is -1.17. The first kappa shape index (κ1) is 14.8. The third-order valence-corrected chi connectivity index (χ3v) is 5.15. The van der Waals surface area contributed by atoms with Crippen LogP contribution in [0.1, 0.15) is 18.7 Å². The maximum Gasteiger partial charge on any atom is 0.211 e. The van der Waals surface area contributed by atoms with Crippen LogP contribution in [-0.2, 0) is 23.6 Å². The Morgan fingerprint density at radius 1 is 1.47 bits per heavy atom. The topological polar surface area (TPSA) is 67.2 Å². The van der Waals surface area contributed by atoms with Crippen molar-refractivity contribution < 1.29 is 8.42 Å². The van der Waals surface area contributed by atoms with E-state index in [0.717, 1.165) is 18.7 Å². The van der Waals surface area contributed by atoms with Crippen molar-refractivity contribution >= 4 is 21.6 Å². The highest BCUT2D eigenvalue weighted by Gasteiger charge is 2.24. The van der Waals surface area contributed by atoms with Crippen LogP contribution in [0.5, 0.6) is 0 Å². The lowest BCUT2D eigenvalue weighted by Crippen LogP contribution is -2.44. The highest BCUT2D eigenvalue weighted by molar-refractivity contribution is 7.88. The van der Waals surface area contributed by atoms with E-state index >= 15 is 0 Å². The lowest BCUT2D eigenvalue weighted by Gasteiger charge is -2.30. The summed E-state index contributed by atoms with van der Waals surface area (Å²) in [5.41, 5.74) is 0. The number of piperidine rings is 1. The summed E-state index contributed by atoms with van der Waals surface area (Å²) in [6, 6.07) is 0.327. The lowest BCUT2D eigenvalue weighted by atomic mass is 10.1. The summed E-state index contributed by atoms with van der Waals surface area (Å²) in [5.74, 6) is 0.885. The van der Waals surface area contributed by atoms with Crippen LogP contribution in [0.2, 0.25) is 5.15 Å². The lowest BCUT2D eigenvalue weighted by molar-refractivity contribution is 0.288. The van der Waals surface area contributed by atoms with Crippen LogP contribution in [0, 0.1) is 0 Å². The molecule has 0 aromatic carbocycles. The summed E-state index contributed by atoms with van der Waals surface area (Å²) >= 11 is 5.92. The van der Waals surface area contributed by atoms with Gasteiger partial charge in [0.25, 0.3) is 0 Å². The Labute approximate surface area is 118 Å². The molecule has 0 aliphatic carbocycles. The largest absolute Gasteiger partial charge is 0.321 e. The molecule has 19 heavy (non-hydrogen) atoms. The predicted molar refractivity (Wildman–Crippen MR) is 74.5 cm³/mol. The van der Waals surface area contributed by atoms with E-state index in [4.69, 9.17) is 11.6 Å². The Morgan fingerprint density at radius 3 is 2.58 bits per heavy atom. The minimum absolute atomic E-state index is 0.327. The van der Waals surface area contributed by atoms with Crippen LogP contribution in [0.3, 0.4) is 0 Å². The van der Waals surface area contributed by atoms with E-state index in [-0.39, 0.29) is 0 Å². The molecule has 2 rings (SSSR count). The van der Waals surface area contributed by atoms with Crippen LogP contribution in [0.15, 0.2) is 6.20 Å². The first-order valence-corrected chi connectivity index (χ1v) is 8.45. The molecule has 0 bridgehead atoms. The number of hydrogen-bond acceptors (Lipinski definition) is 4. The van der Waals surface area contributed by atoms with Gasteiger partial charge in [0.05, 0.1) is 19.0 Å². The molecule has 2 heterocycles. The van der Waals surface area contributed by atoms with Gasteiger partial charge in [0.2, 0.25) is 10.0 Å². The van der Waals surface area contributed by atoms with Gasteiger partial charge in [0.1, 0.15) is 11.0 Å². The van der Waals surface area contributed by atoms with Gasteiger partial charge in [-0.3, -0.25) is 0 Å². The summed E-state index contributed by atoms with van der Waals surface area (Å²) < 4.78 is 26.2. The van der Waals surface area contributed by atoms with Gasteiger partial charge in [-0.1, -0.05) is 11.6 Å². The summed E-state index contributed by atoms with van der Waals surface area (Å²) in [6.45, 7) is 1.81. The Hall–Kier alpha value is -0.630. The molecule has 0 unspecified atom stereocenters. The molecule has 0 atom stereocenters. The molecule has 8 heteroatoms. The average Bonchev–Trinajstić information content (AvgIpc) is 2.67. The minimum atomic E-state index is -3.05. The maximum absolute atomic E-state index is 11.4. The molecular weight excluding hydrogens is 288 g/mol. The van der Waals surface area contributed by atoms with E-state index in [2.05, 4.69) is 10.3 Å². The predicted octanol–water partition coefficient (Wildman–Crippen LogP) is 0.587.